The lowest BCUT2D eigenvalue weighted by molar-refractivity contribution is -0.385. The van der Waals surface area contributed by atoms with Crippen LogP contribution in [0.15, 0.2) is 106 Å². The fourth-order valence-electron chi connectivity index (χ4n) is 2.59. The van der Waals surface area contributed by atoms with Crippen molar-refractivity contribution in [1.82, 2.24) is 0 Å². The summed E-state index contributed by atoms with van der Waals surface area (Å²) >= 11 is 6.64. The minimum absolute atomic E-state index is 0.0665. The zero-order valence-electron chi connectivity index (χ0n) is 16.7. The number of hydrogen-bond donors (Lipinski definition) is 1. The van der Waals surface area contributed by atoms with Crippen molar-refractivity contribution in [1.29, 1.82) is 0 Å². The molecule has 0 spiro atoms. The fraction of sp³-hybridized carbons (Fsp3) is 0. The Hall–Kier alpha value is -3.36. The van der Waals surface area contributed by atoms with Crippen LogP contribution in [0.5, 0.6) is 23.0 Å². The van der Waals surface area contributed by atoms with Gasteiger partial charge in [0.1, 0.15) is 11.5 Å². The summed E-state index contributed by atoms with van der Waals surface area (Å²) in [4.78, 5) is 10.4. The molecule has 4 rings (SSSR count). The molecule has 8 heteroatoms. The van der Waals surface area contributed by atoms with Gasteiger partial charge in [-0.2, -0.15) is 0 Å². The van der Waals surface area contributed by atoms with Gasteiger partial charge in [0.25, 0.3) is 0 Å². The monoisotopic (exact) mass is 556 g/mol. The first-order valence-corrected chi connectivity index (χ1v) is 11.0. The molecule has 0 aliphatic rings. The van der Waals surface area contributed by atoms with Crippen LogP contribution in [0.3, 0.4) is 0 Å². The Labute approximate surface area is 202 Å². The van der Waals surface area contributed by atoms with Crippen molar-refractivity contribution in [2.24, 2.45) is 0 Å². The van der Waals surface area contributed by atoms with Crippen LogP contribution in [0.25, 0.3) is 0 Å². The first-order chi connectivity index (χ1) is 15.5. The number of ether oxygens (including phenoxy) is 2. The maximum atomic E-state index is 10.9. The van der Waals surface area contributed by atoms with E-state index in [4.69, 9.17) is 15.2 Å². The number of hydrogen-bond acceptors (Lipinski definition) is 5. The number of anilines is 1. The smallest absolute Gasteiger partial charge is 0.312 e. The molecule has 0 aromatic heterocycles. The Morgan fingerprint density at radius 2 is 1.12 bits per heavy atom. The summed E-state index contributed by atoms with van der Waals surface area (Å²) in [6, 6.07) is 28.8. The highest BCUT2D eigenvalue weighted by Crippen LogP contribution is 2.38. The number of nitro groups is 1. The molecule has 2 N–H and O–H groups in total. The predicted molar refractivity (Wildman–Crippen MR) is 132 cm³/mol. The fourth-order valence-corrected chi connectivity index (χ4v) is 3.49. The van der Waals surface area contributed by atoms with Crippen LogP contribution in [0.2, 0.25) is 0 Å². The molecule has 0 fully saturated rings. The van der Waals surface area contributed by atoms with E-state index >= 15 is 0 Å². The molecular weight excluding hydrogens is 540 g/mol. The number of nitro benzene ring substituents is 1. The van der Waals surface area contributed by atoms with Gasteiger partial charge >= 0.3 is 5.69 Å². The molecule has 0 bridgehead atoms. The summed E-state index contributed by atoms with van der Waals surface area (Å²) in [5.41, 5.74) is 6.37. The lowest BCUT2D eigenvalue weighted by atomic mass is 10.3. The van der Waals surface area contributed by atoms with Crippen molar-refractivity contribution >= 4 is 43.2 Å². The molecule has 0 aliphatic carbocycles. The maximum absolute atomic E-state index is 10.9. The van der Waals surface area contributed by atoms with Gasteiger partial charge in [-0.3, -0.25) is 10.1 Å². The molecule has 0 unspecified atom stereocenters. The van der Waals surface area contributed by atoms with Crippen LogP contribution >= 0.6 is 31.9 Å². The average Bonchev–Trinajstić information content (AvgIpc) is 2.79. The quantitative estimate of drug-likeness (QED) is 0.153. The summed E-state index contributed by atoms with van der Waals surface area (Å²) in [5.74, 6) is 2.20. The third kappa shape index (κ3) is 6.32. The van der Waals surface area contributed by atoms with Gasteiger partial charge in [0.05, 0.1) is 19.6 Å². The molecule has 0 amide bonds. The number of para-hydroxylation sites is 4. The second-order valence-electron chi connectivity index (χ2n) is 6.33. The molecule has 4 aromatic carbocycles. The summed E-state index contributed by atoms with van der Waals surface area (Å²) in [6.07, 6.45) is 0. The van der Waals surface area contributed by atoms with Crippen LogP contribution in [0.4, 0.5) is 11.4 Å². The van der Waals surface area contributed by atoms with Crippen molar-refractivity contribution in [2.45, 2.75) is 0 Å². The topological polar surface area (TPSA) is 87.6 Å². The number of benzene rings is 4. The van der Waals surface area contributed by atoms with Gasteiger partial charge in [-0.1, -0.05) is 48.5 Å². The third-order valence-electron chi connectivity index (χ3n) is 4.07. The van der Waals surface area contributed by atoms with E-state index in [9.17, 15) is 10.1 Å². The van der Waals surface area contributed by atoms with E-state index < -0.39 is 4.92 Å². The van der Waals surface area contributed by atoms with Crippen LogP contribution in [0, 0.1) is 10.1 Å². The number of nitrogen functional groups attached to an aromatic ring is 1. The SMILES string of the molecule is Nc1cccc(Br)c1Oc1ccccc1.O=[N+]([O-])c1cccc(Br)c1Oc1ccccc1. The second-order valence-corrected chi connectivity index (χ2v) is 8.04. The second kappa shape index (κ2) is 11.3. The Morgan fingerprint density at radius 1 is 0.656 bits per heavy atom. The zero-order chi connectivity index (χ0) is 22.9. The molecule has 162 valence electrons. The largest absolute Gasteiger partial charge is 0.454 e. The molecule has 0 saturated heterocycles. The molecule has 0 atom stereocenters. The molecule has 32 heavy (non-hydrogen) atoms. The number of rotatable bonds is 5. The van der Waals surface area contributed by atoms with Gasteiger partial charge in [0.2, 0.25) is 5.75 Å². The van der Waals surface area contributed by atoms with Crippen molar-refractivity contribution in [2.75, 3.05) is 5.73 Å². The summed E-state index contributed by atoms with van der Waals surface area (Å²) in [7, 11) is 0. The average molecular weight is 558 g/mol. The molecule has 0 saturated carbocycles. The lowest BCUT2D eigenvalue weighted by Crippen LogP contribution is -1.94. The molecule has 4 aromatic rings. The normalized spacial score (nSPS) is 9.94. The number of nitrogens with two attached hydrogens (primary N) is 1. The Balaban J connectivity index is 0.000000182. The summed E-state index contributed by atoms with van der Waals surface area (Å²) in [6.45, 7) is 0. The highest BCUT2D eigenvalue weighted by molar-refractivity contribution is 9.11. The molecule has 0 aliphatic heterocycles. The molecule has 0 radical (unpaired) electrons. The molecule has 6 nitrogen and oxygen atoms in total. The van der Waals surface area contributed by atoms with Gasteiger partial charge < -0.3 is 15.2 Å². The Kier molecular flexibility index (Phi) is 8.24. The van der Waals surface area contributed by atoms with E-state index in [1.54, 1.807) is 36.4 Å². The van der Waals surface area contributed by atoms with E-state index in [0.29, 0.717) is 21.7 Å². The maximum Gasteiger partial charge on any atom is 0.312 e. The zero-order valence-corrected chi connectivity index (χ0v) is 19.8. The summed E-state index contributed by atoms with van der Waals surface area (Å²) < 4.78 is 12.6. The minimum atomic E-state index is -0.469. The van der Waals surface area contributed by atoms with Gasteiger partial charge in [-0.25, -0.2) is 0 Å². The lowest BCUT2D eigenvalue weighted by Gasteiger charge is -2.09. The number of nitrogens with zero attached hydrogens (tertiary/aromatic N) is 1. The van der Waals surface area contributed by atoms with Crippen LogP contribution in [-0.2, 0) is 0 Å². The van der Waals surface area contributed by atoms with Gasteiger partial charge in [-0.05, 0) is 74.3 Å². The van der Waals surface area contributed by atoms with E-state index in [1.165, 1.54) is 6.07 Å². The van der Waals surface area contributed by atoms with Crippen molar-refractivity contribution < 1.29 is 14.4 Å². The highest BCUT2D eigenvalue weighted by Gasteiger charge is 2.18. The van der Waals surface area contributed by atoms with E-state index in [-0.39, 0.29) is 11.4 Å². The van der Waals surface area contributed by atoms with Crippen molar-refractivity contribution in [3.05, 3.63) is 116 Å². The minimum Gasteiger partial charge on any atom is -0.454 e. The summed E-state index contributed by atoms with van der Waals surface area (Å²) in [5, 5.41) is 10.9. The Morgan fingerprint density at radius 3 is 1.62 bits per heavy atom. The number of halogens is 2. The van der Waals surface area contributed by atoms with E-state index in [1.807, 2.05) is 54.6 Å². The van der Waals surface area contributed by atoms with Gasteiger partial charge in [-0.15, -0.1) is 0 Å². The third-order valence-corrected chi connectivity index (χ3v) is 5.32. The molecule has 0 heterocycles. The van der Waals surface area contributed by atoms with Crippen LogP contribution in [-0.4, -0.2) is 4.92 Å². The Bertz CT molecular complexity index is 1170. The first kappa shape index (κ1) is 23.3. The highest BCUT2D eigenvalue weighted by atomic mass is 79.9. The van der Waals surface area contributed by atoms with Gasteiger partial charge in [0, 0.05) is 6.07 Å². The van der Waals surface area contributed by atoms with Crippen molar-refractivity contribution in [3.8, 4) is 23.0 Å². The van der Waals surface area contributed by atoms with Crippen LogP contribution < -0.4 is 15.2 Å². The predicted octanol–water partition coefficient (Wildman–Crippen LogP) is 7.97. The van der Waals surface area contributed by atoms with E-state index in [0.717, 1.165) is 10.2 Å². The van der Waals surface area contributed by atoms with E-state index in [2.05, 4.69) is 31.9 Å². The van der Waals surface area contributed by atoms with Gasteiger partial charge in [0.15, 0.2) is 5.75 Å². The first-order valence-electron chi connectivity index (χ1n) is 9.38. The standard InChI is InChI=1S/C12H8BrNO3.C12H10BrNO/c13-10-7-4-8-11(14(15)16)12(10)17-9-5-2-1-3-6-9;13-10-7-4-8-11(14)12(10)15-9-5-2-1-3-6-9/h1-8H;1-8H,14H2. The van der Waals surface area contributed by atoms with Crippen LogP contribution in [0.1, 0.15) is 0 Å². The molecular formula is C24H18Br2N2O4. The van der Waals surface area contributed by atoms with Crippen molar-refractivity contribution in [3.63, 3.8) is 0 Å².